The summed E-state index contributed by atoms with van der Waals surface area (Å²) in [6.07, 6.45) is 3.96. The second kappa shape index (κ2) is 20.4. The second-order valence-corrected chi connectivity index (χ2v) is 16.0. The Labute approximate surface area is 366 Å². The van der Waals surface area contributed by atoms with Crippen LogP contribution in [0.2, 0.25) is 5.02 Å². The van der Waals surface area contributed by atoms with Gasteiger partial charge in [0.15, 0.2) is 0 Å². The first kappa shape index (κ1) is 45.1. The lowest BCUT2D eigenvalue weighted by molar-refractivity contribution is -0.142. The second-order valence-electron chi connectivity index (χ2n) is 15.6. The number of benzene rings is 4. The molecule has 0 saturated carbocycles. The third-order valence-corrected chi connectivity index (χ3v) is 11.7. The van der Waals surface area contributed by atoms with Crippen LogP contribution in [-0.2, 0) is 9.59 Å². The van der Waals surface area contributed by atoms with Gasteiger partial charge in [0.2, 0.25) is 11.8 Å². The monoisotopic (exact) mass is 862 g/mol. The SMILES string of the molecule is COc1cc(-c2ccc(C(=O)N3[C@@H](c4ccccc4Cl)CC[C@H]3C(=O)O)cc2)c(OC)nn1.COc1ccccc1-c1ccc(C(=O)N2[C@@H](CCC(C)C)CC[C@H]2C(=O)O)cc1. The van der Waals surface area contributed by atoms with Crippen molar-refractivity contribution in [1.29, 1.82) is 0 Å². The number of aliphatic carboxylic acids is 2. The van der Waals surface area contributed by atoms with E-state index < -0.39 is 30.1 Å². The smallest absolute Gasteiger partial charge is 0.326 e. The predicted octanol–water partition coefficient (Wildman–Crippen LogP) is 9.10. The van der Waals surface area contributed by atoms with Crippen LogP contribution in [0.4, 0.5) is 0 Å². The highest BCUT2D eigenvalue weighted by Crippen LogP contribution is 2.41. The van der Waals surface area contributed by atoms with Gasteiger partial charge in [0.05, 0.1) is 32.9 Å². The Morgan fingerprint density at radius 3 is 1.82 bits per heavy atom. The number of carbonyl (C=O) groups excluding carboxylic acids is 2. The van der Waals surface area contributed by atoms with Crippen LogP contribution >= 0.6 is 11.6 Å². The van der Waals surface area contributed by atoms with Crippen LogP contribution in [0.5, 0.6) is 17.5 Å². The van der Waals surface area contributed by atoms with Crippen molar-refractivity contribution >= 4 is 35.4 Å². The molecule has 2 aliphatic rings. The van der Waals surface area contributed by atoms with E-state index in [0.717, 1.165) is 47.3 Å². The Balaban J connectivity index is 0.000000209. The predicted molar refractivity (Wildman–Crippen MR) is 235 cm³/mol. The average molecular weight is 863 g/mol. The number of rotatable bonds is 13. The van der Waals surface area contributed by atoms with Gasteiger partial charge in [-0.15, -0.1) is 10.2 Å². The molecular weight excluding hydrogens is 812 g/mol. The molecule has 324 valence electrons. The molecule has 2 saturated heterocycles. The molecule has 4 aromatic carbocycles. The number of methoxy groups -OCH3 is 3. The van der Waals surface area contributed by atoms with E-state index in [1.54, 1.807) is 66.6 Å². The molecular formula is C48H51ClN4O9. The van der Waals surface area contributed by atoms with Gasteiger partial charge in [-0.05, 0) is 97.5 Å². The zero-order chi connectivity index (χ0) is 44.5. The Hall–Kier alpha value is -6.47. The molecule has 1 aromatic heterocycles. The largest absolute Gasteiger partial charge is 0.496 e. The summed E-state index contributed by atoms with van der Waals surface area (Å²) < 4.78 is 15.9. The number of likely N-dealkylation sites (tertiary alicyclic amines) is 2. The summed E-state index contributed by atoms with van der Waals surface area (Å²) in [5, 5.41) is 27.8. The molecule has 0 radical (unpaired) electrons. The fourth-order valence-corrected chi connectivity index (χ4v) is 8.48. The zero-order valence-electron chi connectivity index (χ0n) is 35.4. The molecule has 0 spiro atoms. The summed E-state index contributed by atoms with van der Waals surface area (Å²) in [5.74, 6) is -0.579. The van der Waals surface area contributed by atoms with Crippen LogP contribution in [0.3, 0.4) is 0 Å². The van der Waals surface area contributed by atoms with Crippen molar-refractivity contribution in [1.82, 2.24) is 20.0 Å². The Morgan fingerprint density at radius 1 is 0.677 bits per heavy atom. The van der Waals surface area contributed by atoms with Gasteiger partial charge in [-0.1, -0.05) is 86.1 Å². The number of para-hydroxylation sites is 1. The number of ether oxygens (including phenoxy) is 3. The third-order valence-electron chi connectivity index (χ3n) is 11.4. The lowest BCUT2D eigenvalue weighted by Crippen LogP contribution is -2.45. The minimum absolute atomic E-state index is 0.0140. The molecule has 4 atom stereocenters. The third kappa shape index (κ3) is 10.0. The Morgan fingerprint density at radius 2 is 1.24 bits per heavy atom. The van der Waals surface area contributed by atoms with E-state index in [-0.39, 0.29) is 17.9 Å². The van der Waals surface area contributed by atoms with E-state index >= 15 is 0 Å². The van der Waals surface area contributed by atoms with E-state index in [4.69, 9.17) is 25.8 Å². The molecule has 2 N–H and O–H groups in total. The quantitative estimate of drug-likeness (QED) is 0.116. The molecule has 3 heterocycles. The number of nitrogens with zero attached hydrogens (tertiary/aromatic N) is 4. The van der Waals surface area contributed by atoms with Gasteiger partial charge < -0.3 is 34.2 Å². The standard InChI is InChI=1S/C24H22ClN3O5.C24H29NO4/c1-32-21-13-17(22(33-2)27-26-21)14-7-9-15(10-8-14)23(29)28-19(11-12-20(28)24(30)31)16-5-3-4-6-18(16)25;1-16(2)8-13-19-14-15-21(24(27)28)25(19)23(26)18-11-9-17(10-12-18)20-6-4-5-7-22(20)29-3/h3-10,13,19-20H,11-12H2,1-2H3,(H,30,31);4-7,9-12,16,19,21H,8,13-15H2,1-3H3,(H,27,28)/t19-,20+;19-,21-/m10/s1. The van der Waals surface area contributed by atoms with Crippen molar-refractivity contribution in [2.75, 3.05) is 21.3 Å². The number of hydrogen-bond donors (Lipinski definition) is 2. The van der Waals surface area contributed by atoms with Crippen molar-refractivity contribution in [2.24, 2.45) is 5.92 Å². The summed E-state index contributed by atoms with van der Waals surface area (Å²) in [6.45, 7) is 4.29. The number of carbonyl (C=O) groups is 4. The van der Waals surface area contributed by atoms with Gasteiger partial charge >= 0.3 is 11.9 Å². The van der Waals surface area contributed by atoms with Gasteiger partial charge in [0.1, 0.15) is 17.8 Å². The number of halogens is 1. The molecule has 0 unspecified atom stereocenters. The van der Waals surface area contributed by atoms with Gasteiger partial charge in [-0.3, -0.25) is 9.59 Å². The first-order valence-corrected chi connectivity index (χ1v) is 20.9. The number of amides is 2. The molecule has 14 heteroatoms. The molecule has 2 amide bonds. The fourth-order valence-electron chi connectivity index (χ4n) is 8.22. The molecule has 2 aliphatic heterocycles. The number of carboxylic acid groups (broad SMARTS) is 2. The molecule has 0 bridgehead atoms. The molecule has 7 rings (SSSR count). The zero-order valence-corrected chi connectivity index (χ0v) is 36.1. The first-order valence-electron chi connectivity index (χ1n) is 20.5. The molecule has 0 aliphatic carbocycles. The van der Waals surface area contributed by atoms with Crippen molar-refractivity contribution in [3.63, 3.8) is 0 Å². The van der Waals surface area contributed by atoms with Gasteiger partial charge in [0.25, 0.3) is 11.8 Å². The highest BCUT2D eigenvalue weighted by Gasteiger charge is 2.43. The van der Waals surface area contributed by atoms with Gasteiger partial charge in [0, 0.05) is 33.8 Å². The van der Waals surface area contributed by atoms with E-state index in [9.17, 15) is 29.4 Å². The maximum atomic E-state index is 13.5. The van der Waals surface area contributed by atoms with Crippen molar-refractivity contribution in [3.05, 3.63) is 125 Å². The summed E-state index contributed by atoms with van der Waals surface area (Å²) in [6, 6.07) is 28.7. The topological polar surface area (TPSA) is 169 Å². The average Bonchev–Trinajstić information content (AvgIpc) is 3.94. The molecule has 5 aromatic rings. The highest BCUT2D eigenvalue weighted by atomic mass is 35.5. The normalized spacial score (nSPS) is 18.2. The van der Waals surface area contributed by atoms with Gasteiger partial charge in [-0.2, -0.15) is 0 Å². The van der Waals surface area contributed by atoms with Crippen LogP contribution in [0.25, 0.3) is 22.3 Å². The summed E-state index contributed by atoms with van der Waals surface area (Å²) >= 11 is 6.37. The lowest BCUT2D eigenvalue weighted by atomic mass is 10.0. The van der Waals surface area contributed by atoms with Crippen molar-refractivity contribution in [2.45, 2.75) is 76.5 Å². The summed E-state index contributed by atoms with van der Waals surface area (Å²) in [4.78, 5) is 53.4. The molecule has 2 fully saturated rings. The Kier molecular flexibility index (Phi) is 14.8. The minimum atomic E-state index is -1.03. The molecule has 13 nitrogen and oxygen atoms in total. The number of carboxylic acids is 2. The maximum absolute atomic E-state index is 13.5. The summed E-state index contributed by atoms with van der Waals surface area (Å²) in [7, 11) is 4.62. The lowest BCUT2D eigenvalue weighted by Gasteiger charge is -2.29. The van der Waals surface area contributed by atoms with E-state index in [2.05, 4.69) is 24.0 Å². The maximum Gasteiger partial charge on any atom is 0.326 e. The van der Waals surface area contributed by atoms with Crippen molar-refractivity contribution < 1.29 is 43.6 Å². The summed E-state index contributed by atoms with van der Waals surface area (Å²) in [5.41, 5.74) is 4.94. The number of hydrogen-bond acceptors (Lipinski definition) is 9. The molecule has 62 heavy (non-hydrogen) atoms. The first-order chi connectivity index (χ1) is 29.9. The van der Waals surface area contributed by atoms with E-state index in [1.165, 1.54) is 19.1 Å². The van der Waals surface area contributed by atoms with Crippen molar-refractivity contribution in [3.8, 4) is 39.8 Å². The fraction of sp³-hybridized carbons (Fsp3) is 0.333. The van der Waals surface area contributed by atoms with Gasteiger partial charge in [-0.25, -0.2) is 9.59 Å². The Bertz CT molecular complexity index is 2370. The van der Waals surface area contributed by atoms with Crippen LogP contribution in [0, 0.1) is 5.92 Å². The van der Waals surface area contributed by atoms with E-state index in [1.807, 2.05) is 48.5 Å². The highest BCUT2D eigenvalue weighted by molar-refractivity contribution is 6.31. The van der Waals surface area contributed by atoms with Crippen LogP contribution < -0.4 is 14.2 Å². The van der Waals surface area contributed by atoms with Crippen LogP contribution in [0.1, 0.15) is 84.7 Å². The minimum Gasteiger partial charge on any atom is -0.496 e. The van der Waals surface area contributed by atoms with Crippen LogP contribution in [-0.4, -0.2) is 93.4 Å². The van der Waals surface area contributed by atoms with E-state index in [0.29, 0.717) is 58.7 Å². The number of aromatic nitrogens is 2. The van der Waals surface area contributed by atoms with Crippen LogP contribution in [0.15, 0.2) is 103 Å².